The van der Waals surface area contributed by atoms with E-state index in [1.807, 2.05) is 60.0 Å². The average molecular weight is 411 g/mol. The van der Waals surface area contributed by atoms with Crippen LogP contribution in [0.3, 0.4) is 0 Å². The Balaban J connectivity index is 1.53. The molecule has 3 aromatic rings. The first-order chi connectivity index (χ1) is 14.2. The van der Waals surface area contributed by atoms with Crippen molar-refractivity contribution in [3.8, 4) is 16.3 Å². The first kappa shape index (κ1) is 20.8. The first-order valence-electron chi connectivity index (χ1n) is 9.42. The maximum absolute atomic E-state index is 9.70. The van der Waals surface area contributed by atoms with Crippen LogP contribution in [0.2, 0.25) is 0 Å². The average Bonchev–Trinajstić information content (AvgIpc) is 3.26. The van der Waals surface area contributed by atoms with Crippen LogP contribution in [-0.4, -0.2) is 43.4 Å². The largest absolute Gasteiger partial charge is 0.497 e. The van der Waals surface area contributed by atoms with E-state index in [-0.39, 0.29) is 12.5 Å². The standard InChI is InChI=1S/C22H26N4O2S/c1-23-22(24-12-18(14-27)16-6-4-3-5-7-16)25-13-19-15-29-21(26-19)17-8-10-20(28-2)11-9-17/h3-11,15,18,27H,12-14H2,1-2H3,(H2,23,24,25). The number of aromatic nitrogens is 1. The van der Waals surface area contributed by atoms with Gasteiger partial charge in [-0.1, -0.05) is 30.3 Å². The van der Waals surface area contributed by atoms with Gasteiger partial charge in [0.2, 0.25) is 0 Å². The van der Waals surface area contributed by atoms with Crippen molar-refractivity contribution in [2.24, 2.45) is 4.99 Å². The van der Waals surface area contributed by atoms with Gasteiger partial charge in [0, 0.05) is 30.5 Å². The highest BCUT2D eigenvalue weighted by Crippen LogP contribution is 2.25. The molecular formula is C22H26N4O2S. The third-order valence-corrected chi connectivity index (χ3v) is 5.50. The second-order valence-electron chi connectivity index (χ2n) is 6.47. The summed E-state index contributed by atoms with van der Waals surface area (Å²) in [4.78, 5) is 8.96. The van der Waals surface area contributed by atoms with Gasteiger partial charge < -0.3 is 20.5 Å². The van der Waals surface area contributed by atoms with Crippen molar-refractivity contribution in [1.29, 1.82) is 0 Å². The van der Waals surface area contributed by atoms with Crippen LogP contribution in [0.25, 0.3) is 10.6 Å². The van der Waals surface area contributed by atoms with Crippen LogP contribution in [0.5, 0.6) is 5.75 Å². The van der Waals surface area contributed by atoms with Crippen molar-refractivity contribution in [2.45, 2.75) is 12.5 Å². The highest BCUT2D eigenvalue weighted by molar-refractivity contribution is 7.13. The fraction of sp³-hybridized carbons (Fsp3) is 0.273. The van der Waals surface area contributed by atoms with Crippen LogP contribution < -0.4 is 15.4 Å². The van der Waals surface area contributed by atoms with Crippen molar-refractivity contribution < 1.29 is 9.84 Å². The van der Waals surface area contributed by atoms with E-state index in [1.165, 1.54) is 0 Å². The normalized spacial score (nSPS) is 12.4. The van der Waals surface area contributed by atoms with Gasteiger partial charge >= 0.3 is 0 Å². The molecule has 7 heteroatoms. The summed E-state index contributed by atoms with van der Waals surface area (Å²) in [5.41, 5.74) is 3.12. The summed E-state index contributed by atoms with van der Waals surface area (Å²) in [5, 5.41) is 19.3. The summed E-state index contributed by atoms with van der Waals surface area (Å²) in [6.45, 7) is 1.24. The molecule has 0 aliphatic carbocycles. The van der Waals surface area contributed by atoms with Crippen LogP contribution in [0.1, 0.15) is 17.2 Å². The van der Waals surface area contributed by atoms with Crippen LogP contribution in [-0.2, 0) is 6.54 Å². The van der Waals surface area contributed by atoms with E-state index < -0.39 is 0 Å². The molecule has 0 aliphatic heterocycles. The molecule has 29 heavy (non-hydrogen) atoms. The molecule has 3 N–H and O–H groups in total. The molecular weight excluding hydrogens is 384 g/mol. The van der Waals surface area contributed by atoms with E-state index in [4.69, 9.17) is 9.72 Å². The summed E-state index contributed by atoms with van der Waals surface area (Å²) in [5.74, 6) is 1.52. The van der Waals surface area contributed by atoms with Crippen LogP contribution in [0, 0.1) is 0 Å². The number of aliphatic hydroxyl groups is 1. The Kier molecular flexibility index (Phi) is 7.61. The molecule has 0 radical (unpaired) electrons. The van der Waals surface area contributed by atoms with Gasteiger partial charge in [-0.05, 0) is 29.8 Å². The third kappa shape index (κ3) is 5.79. The van der Waals surface area contributed by atoms with E-state index in [9.17, 15) is 5.11 Å². The molecule has 6 nitrogen and oxygen atoms in total. The number of hydrogen-bond donors (Lipinski definition) is 3. The second-order valence-corrected chi connectivity index (χ2v) is 7.33. The monoisotopic (exact) mass is 410 g/mol. The van der Waals surface area contributed by atoms with Crippen molar-refractivity contribution in [1.82, 2.24) is 15.6 Å². The molecule has 3 rings (SSSR count). The number of nitrogens with one attached hydrogen (secondary N) is 2. The number of aliphatic hydroxyl groups excluding tert-OH is 1. The minimum atomic E-state index is 0.00990. The van der Waals surface area contributed by atoms with Gasteiger partial charge in [-0.2, -0.15) is 0 Å². The molecule has 2 aromatic carbocycles. The molecule has 1 atom stereocenters. The fourth-order valence-corrected chi connectivity index (χ4v) is 3.71. The molecule has 0 aliphatic rings. The number of benzene rings is 2. The number of methoxy groups -OCH3 is 1. The lowest BCUT2D eigenvalue weighted by Crippen LogP contribution is -2.39. The Morgan fingerprint density at radius 3 is 2.55 bits per heavy atom. The van der Waals surface area contributed by atoms with Crippen LogP contribution in [0.4, 0.5) is 0 Å². The zero-order valence-electron chi connectivity index (χ0n) is 16.6. The van der Waals surface area contributed by atoms with Crippen molar-refractivity contribution in [3.05, 3.63) is 71.2 Å². The van der Waals surface area contributed by atoms with Crippen molar-refractivity contribution in [3.63, 3.8) is 0 Å². The Hall–Kier alpha value is -2.90. The van der Waals surface area contributed by atoms with Crippen molar-refractivity contribution >= 4 is 17.3 Å². The van der Waals surface area contributed by atoms with E-state index >= 15 is 0 Å². The highest BCUT2D eigenvalue weighted by atomic mass is 32.1. The smallest absolute Gasteiger partial charge is 0.191 e. The van der Waals surface area contributed by atoms with Gasteiger partial charge in [0.1, 0.15) is 10.8 Å². The Labute approximate surface area is 175 Å². The SMILES string of the molecule is CN=C(NCc1csc(-c2ccc(OC)cc2)n1)NCC(CO)c1ccccc1. The number of ether oxygens (including phenoxy) is 1. The molecule has 0 fully saturated rings. The minimum Gasteiger partial charge on any atom is -0.497 e. The topological polar surface area (TPSA) is 78.8 Å². The van der Waals surface area contributed by atoms with Gasteiger partial charge in [0.15, 0.2) is 5.96 Å². The fourth-order valence-electron chi connectivity index (χ4n) is 2.88. The lowest BCUT2D eigenvalue weighted by Gasteiger charge is -2.17. The van der Waals surface area contributed by atoms with Gasteiger partial charge in [-0.3, -0.25) is 4.99 Å². The lowest BCUT2D eigenvalue weighted by molar-refractivity contribution is 0.265. The number of thiazole rings is 1. The number of aliphatic imine (C=N–C) groups is 1. The van der Waals surface area contributed by atoms with Gasteiger partial charge in [0.25, 0.3) is 0 Å². The second kappa shape index (κ2) is 10.6. The predicted molar refractivity (Wildman–Crippen MR) is 119 cm³/mol. The number of nitrogens with zero attached hydrogens (tertiary/aromatic N) is 2. The Bertz CT molecular complexity index is 910. The summed E-state index contributed by atoms with van der Waals surface area (Å²) in [7, 11) is 3.39. The van der Waals surface area contributed by atoms with Crippen LogP contribution >= 0.6 is 11.3 Å². The number of guanidine groups is 1. The maximum atomic E-state index is 9.70. The van der Waals surface area contributed by atoms with Gasteiger partial charge in [-0.25, -0.2) is 4.98 Å². The molecule has 0 bridgehead atoms. The Morgan fingerprint density at radius 1 is 1.14 bits per heavy atom. The molecule has 152 valence electrons. The molecule has 0 saturated heterocycles. The van der Waals surface area contributed by atoms with E-state index in [0.29, 0.717) is 19.0 Å². The summed E-state index contributed by atoms with van der Waals surface area (Å²) in [6.07, 6.45) is 0. The van der Waals surface area contributed by atoms with Crippen LogP contribution in [0.15, 0.2) is 65.0 Å². The molecule has 1 unspecified atom stereocenters. The molecule has 1 aromatic heterocycles. The van der Waals surface area contributed by atoms with E-state index in [2.05, 4.69) is 15.6 Å². The lowest BCUT2D eigenvalue weighted by atomic mass is 10.0. The zero-order chi connectivity index (χ0) is 20.5. The quantitative estimate of drug-likeness (QED) is 0.392. The minimum absolute atomic E-state index is 0.00990. The third-order valence-electron chi connectivity index (χ3n) is 4.56. The highest BCUT2D eigenvalue weighted by Gasteiger charge is 2.11. The molecule has 1 heterocycles. The summed E-state index contributed by atoms with van der Waals surface area (Å²) >= 11 is 1.61. The van der Waals surface area contributed by atoms with Gasteiger partial charge in [0.05, 0.1) is 26.0 Å². The Morgan fingerprint density at radius 2 is 1.90 bits per heavy atom. The van der Waals surface area contributed by atoms with E-state index in [1.54, 1.807) is 25.5 Å². The van der Waals surface area contributed by atoms with E-state index in [0.717, 1.165) is 27.6 Å². The number of hydrogen-bond acceptors (Lipinski definition) is 5. The van der Waals surface area contributed by atoms with Gasteiger partial charge in [-0.15, -0.1) is 11.3 Å². The molecule has 0 saturated carbocycles. The maximum Gasteiger partial charge on any atom is 0.191 e. The zero-order valence-corrected chi connectivity index (χ0v) is 17.4. The van der Waals surface area contributed by atoms with Crippen molar-refractivity contribution in [2.75, 3.05) is 27.3 Å². The predicted octanol–water partition coefficient (Wildman–Crippen LogP) is 3.26. The molecule has 0 spiro atoms. The summed E-state index contributed by atoms with van der Waals surface area (Å²) in [6, 6.07) is 17.9. The molecule has 0 amide bonds. The summed E-state index contributed by atoms with van der Waals surface area (Å²) < 4.78 is 5.20. The number of rotatable bonds is 8. The first-order valence-corrected chi connectivity index (χ1v) is 10.3.